The fourth-order valence-electron chi connectivity index (χ4n) is 2.43. The molecule has 0 heterocycles. The zero-order chi connectivity index (χ0) is 13.2. The zero-order valence-electron chi connectivity index (χ0n) is 10.8. The van der Waals surface area contributed by atoms with E-state index in [1.807, 2.05) is 18.2 Å². The Morgan fingerprint density at radius 3 is 2.56 bits per heavy atom. The Kier molecular flexibility index (Phi) is 4.30. The van der Waals surface area contributed by atoms with Crippen LogP contribution >= 0.6 is 15.9 Å². The lowest BCUT2D eigenvalue weighted by Crippen LogP contribution is -2.40. The SMILES string of the molecule is COc1ccc(C(O)CC2(OC)CCC2)c(Br)c1. The smallest absolute Gasteiger partial charge is 0.120 e. The van der Waals surface area contributed by atoms with Crippen LogP contribution in [0, 0.1) is 0 Å². The highest BCUT2D eigenvalue weighted by Crippen LogP contribution is 2.43. The normalized spacial score (nSPS) is 19.1. The molecule has 0 spiro atoms. The van der Waals surface area contributed by atoms with Crippen molar-refractivity contribution in [3.05, 3.63) is 28.2 Å². The van der Waals surface area contributed by atoms with E-state index in [-0.39, 0.29) is 5.60 Å². The second-order valence-corrected chi connectivity index (χ2v) is 5.70. The van der Waals surface area contributed by atoms with Crippen LogP contribution in [-0.4, -0.2) is 24.9 Å². The molecule has 1 aromatic carbocycles. The van der Waals surface area contributed by atoms with E-state index in [4.69, 9.17) is 9.47 Å². The molecule has 0 aliphatic heterocycles. The third kappa shape index (κ3) is 2.71. The van der Waals surface area contributed by atoms with Gasteiger partial charge >= 0.3 is 0 Å². The highest BCUT2D eigenvalue weighted by molar-refractivity contribution is 9.10. The number of rotatable bonds is 5. The summed E-state index contributed by atoms with van der Waals surface area (Å²) in [5, 5.41) is 10.3. The molecule has 1 N–H and O–H groups in total. The maximum atomic E-state index is 10.3. The van der Waals surface area contributed by atoms with Gasteiger partial charge in [0.2, 0.25) is 0 Å². The fraction of sp³-hybridized carbons (Fsp3) is 0.571. The second-order valence-electron chi connectivity index (χ2n) is 4.85. The topological polar surface area (TPSA) is 38.7 Å². The van der Waals surface area contributed by atoms with E-state index in [0.717, 1.165) is 28.6 Å². The molecule has 1 aliphatic rings. The highest BCUT2D eigenvalue weighted by Gasteiger charge is 2.39. The summed E-state index contributed by atoms with van der Waals surface area (Å²) in [5.41, 5.74) is 0.762. The maximum Gasteiger partial charge on any atom is 0.120 e. The first-order chi connectivity index (χ1) is 8.60. The lowest BCUT2D eigenvalue weighted by atomic mass is 9.75. The van der Waals surface area contributed by atoms with Gasteiger partial charge in [0.15, 0.2) is 0 Å². The molecule has 0 bridgehead atoms. The van der Waals surface area contributed by atoms with Crippen molar-refractivity contribution in [2.75, 3.05) is 14.2 Å². The molecule has 0 radical (unpaired) electrons. The molecule has 1 fully saturated rings. The van der Waals surface area contributed by atoms with Crippen molar-refractivity contribution in [2.24, 2.45) is 0 Å². The monoisotopic (exact) mass is 314 g/mol. The average molecular weight is 315 g/mol. The molecule has 1 atom stereocenters. The lowest BCUT2D eigenvalue weighted by molar-refractivity contribution is -0.1000. The van der Waals surface area contributed by atoms with Gasteiger partial charge in [-0.2, -0.15) is 0 Å². The zero-order valence-corrected chi connectivity index (χ0v) is 12.4. The Morgan fingerprint density at radius 1 is 1.39 bits per heavy atom. The number of ether oxygens (including phenoxy) is 2. The van der Waals surface area contributed by atoms with Crippen LogP contribution in [0.5, 0.6) is 5.75 Å². The molecule has 0 aromatic heterocycles. The second kappa shape index (κ2) is 5.59. The predicted octanol–water partition coefficient (Wildman–Crippen LogP) is 3.45. The van der Waals surface area contributed by atoms with Crippen molar-refractivity contribution < 1.29 is 14.6 Å². The van der Waals surface area contributed by atoms with Gasteiger partial charge in [-0.25, -0.2) is 0 Å². The molecule has 1 unspecified atom stereocenters. The first kappa shape index (κ1) is 13.8. The minimum atomic E-state index is -0.509. The first-order valence-electron chi connectivity index (χ1n) is 6.17. The van der Waals surface area contributed by atoms with E-state index in [1.54, 1.807) is 14.2 Å². The number of aliphatic hydroxyl groups is 1. The minimum Gasteiger partial charge on any atom is -0.497 e. The molecule has 2 rings (SSSR count). The number of hydrogen-bond donors (Lipinski definition) is 1. The average Bonchev–Trinajstić information content (AvgIpc) is 2.33. The number of aliphatic hydroxyl groups excluding tert-OH is 1. The van der Waals surface area contributed by atoms with E-state index in [9.17, 15) is 5.11 Å². The van der Waals surface area contributed by atoms with Gasteiger partial charge in [-0.1, -0.05) is 22.0 Å². The van der Waals surface area contributed by atoms with E-state index in [2.05, 4.69) is 15.9 Å². The van der Waals surface area contributed by atoms with Gasteiger partial charge in [-0.05, 0) is 37.0 Å². The van der Waals surface area contributed by atoms with Crippen molar-refractivity contribution >= 4 is 15.9 Å². The summed E-state index contributed by atoms with van der Waals surface area (Å²) in [7, 11) is 3.36. The first-order valence-corrected chi connectivity index (χ1v) is 6.96. The number of methoxy groups -OCH3 is 2. The molecule has 0 saturated heterocycles. The van der Waals surface area contributed by atoms with Gasteiger partial charge in [-0.15, -0.1) is 0 Å². The Labute approximate surface area is 116 Å². The summed E-state index contributed by atoms with van der Waals surface area (Å²) in [4.78, 5) is 0. The molecular weight excluding hydrogens is 296 g/mol. The van der Waals surface area contributed by atoms with Crippen molar-refractivity contribution in [1.29, 1.82) is 0 Å². The third-order valence-electron chi connectivity index (χ3n) is 3.83. The van der Waals surface area contributed by atoms with Crippen molar-refractivity contribution in [1.82, 2.24) is 0 Å². The molecule has 100 valence electrons. The minimum absolute atomic E-state index is 0.126. The van der Waals surface area contributed by atoms with Crippen LogP contribution in [0.2, 0.25) is 0 Å². The molecule has 1 aliphatic carbocycles. The van der Waals surface area contributed by atoms with Crippen molar-refractivity contribution in [3.8, 4) is 5.75 Å². The van der Waals surface area contributed by atoms with Crippen LogP contribution in [0.25, 0.3) is 0 Å². The third-order valence-corrected chi connectivity index (χ3v) is 4.52. The number of benzene rings is 1. The van der Waals surface area contributed by atoms with Crippen molar-refractivity contribution in [2.45, 2.75) is 37.4 Å². The molecule has 0 amide bonds. The summed E-state index contributed by atoms with van der Waals surface area (Å²) in [6, 6.07) is 5.64. The Bertz CT molecular complexity index is 410. The maximum absolute atomic E-state index is 10.3. The van der Waals surface area contributed by atoms with E-state index < -0.39 is 6.10 Å². The van der Waals surface area contributed by atoms with E-state index >= 15 is 0 Å². The van der Waals surface area contributed by atoms with Crippen LogP contribution in [0.1, 0.15) is 37.4 Å². The van der Waals surface area contributed by atoms with Crippen molar-refractivity contribution in [3.63, 3.8) is 0 Å². The molecular formula is C14H19BrO3. The van der Waals surface area contributed by atoms with E-state index in [1.165, 1.54) is 6.42 Å². The largest absolute Gasteiger partial charge is 0.497 e. The molecule has 3 nitrogen and oxygen atoms in total. The number of halogens is 1. The summed E-state index contributed by atoms with van der Waals surface area (Å²) in [6.45, 7) is 0. The van der Waals surface area contributed by atoms with Gasteiger partial charge in [0, 0.05) is 18.0 Å². The van der Waals surface area contributed by atoms with Crippen LogP contribution < -0.4 is 4.74 Å². The molecule has 1 aromatic rings. The summed E-state index contributed by atoms with van der Waals surface area (Å²) in [6.07, 6.45) is 3.40. The Morgan fingerprint density at radius 2 is 2.11 bits per heavy atom. The van der Waals surface area contributed by atoms with Crippen LogP contribution in [-0.2, 0) is 4.74 Å². The summed E-state index contributed by atoms with van der Waals surface area (Å²) >= 11 is 3.48. The Balaban J connectivity index is 2.11. The fourth-order valence-corrected chi connectivity index (χ4v) is 3.05. The number of hydrogen-bond acceptors (Lipinski definition) is 3. The summed E-state index contributed by atoms with van der Waals surface area (Å²) < 4.78 is 11.6. The van der Waals surface area contributed by atoms with Gasteiger partial charge < -0.3 is 14.6 Å². The van der Waals surface area contributed by atoms with Crippen LogP contribution in [0.4, 0.5) is 0 Å². The van der Waals surface area contributed by atoms with Crippen LogP contribution in [0.3, 0.4) is 0 Å². The van der Waals surface area contributed by atoms with Gasteiger partial charge in [0.1, 0.15) is 5.75 Å². The van der Waals surface area contributed by atoms with Crippen LogP contribution in [0.15, 0.2) is 22.7 Å². The highest BCUT2D eigenvalue weighted by atomic mass is 79.9. The van der Waals surface area contributed by atoms with Gasteiger partial charge in [-0.3, -0.25) is 0 Å². The van der Waals surface area contributed by atoms with Gasteiger partial charge in [0.25, 0.3) is 0 Å². The lowest BCUT2D eigenvalue weighted by Gasteiger charge is -2.42. The van der Waals surface area contributed by atoms with E-state index in [0.29, 0.717) is 6.42 Å². The van der Waals surface area contributed by atoms with Gasteiger partial charge in [0.05, 0.1) is 18.8 Å². The predicted molar refractivity (Wildman–Crippen MR) is 73.9 cm³/mol. The summed E-state index contributed by atoms with van der Waals surface area (Å²) in [5.74, 6) is 0.780. The molecule has 4 heteroatoms. The Hall–Kier alpha value is -0.580. The standard InChI is InChI=1S/C14H19BrO3/c1-17-10-4-5-11(12(15)8-10)13(16)9-14(18-2)6-3-7-14/h4-5,8,13,16H,3,6-7,9H2,1-2H3. The molecule has 18 heavy (non-hydrogen) atoms. The molecule has 1 saturated carbocycles. The quantitative estimate of drug-likeness (QED) is 0.904.